The summed E-state index contributed by atoms with van der Waals surface area (Å²) in [6.45, 7) is 2.90. The summed E-state index contributed by atoms with van der Waals surface area (Å²) < 4.78 is 26.5. The highest BCUT2D eigenvalue weighted by Gasteiger charge is 2.26. The molecule has 0 aromatic heterocycles. The van der Waals surface area contributed by atoms with Gasteiger partial charge in [0.05, 0.1) is 9.82 Å². The van der Waals surface area contributed by atoms with Crippen molar-refractivity contribution in [2.75, 3.05) is 13.1 Å². The summed E-state index contributed by atoms with van der Waals surface area (Å²) >= 11 is 0. The topological polar surface area (TPSA) is 110 Å². The first kappa shape index (κ1) is 20.0. The Bertz CT molecular complexity index is 997. The van der Waals surface area contributed by atoms with Crippen LogP contribution in [0.4, 0.5) is 5.69 Å². The monoisotopic (exact) mass is 403 g/mol. The molecule has 148 valence electrons. The smallest absolute Gasteiger partial charge is 0.272 e. The number of carbonyl (C=O) groups is 1. The molecule has 0 radical (unpaired) electrons. The van der Waals surface area contributed by atoms with Crippen molar-refractivity contribution >= 4 is 21.6 Å². The van der Waals surface area contributed by atoms with E-state index in [1.54, 1.807) is 31.2 Å². The van der Waals surface area contributed by atoms with Gasteiger partial charge in [-0.2, -0.15) is 4.31 Å². The minimum absolute atomic E-state index is 0.0358. The predicted octanol–water partition coefficient (Wildman–Crippen LogP) is 2.62. The van der Waals surface area contributed by atoms with Crippen LogP contribution in [-0.4, -0.2) is 36.6 Å². The number of nitro groups is 1. The van der Waals surface area contributed by atoms with Crippen LogP contribution in [0, 0.1) is 17.0 Å². The average molecular weight is 403 g/mol. The lowest BCUT2D eigenvalue weighted by Gasteiger charge is -2.15. The second-order valence-corrected chi connectivity index (χ2v) is 8.63. The van der Waals surface area contributed by atoms with Gasteiger partial charge in [-0.1, -0.05) is 12.1 Å². The van der Waals surface area contributed by atoms with E-state index in [0.29, 0.717) is 24.2 Å². The van der Waals surface area contributed by atoms with Gasteiger partial charge >= 0.3 is 0 Å². The third-order valence-corrected chi connectivity index (χ3v) is 6.65. The maximum Gasteiger partial charge on any atom is 0.272 e. The van der Waals surface area contributed by atoms with Gasteiger partial charge in [-0.05, 0) is 49.6 Å². The Kier molecular flexibility index (Phi) is 5.76. The highest BCUT2D eigenvalue weighted by atomic mass is 32.2. The molecule has 8 nitrogen and oxygen atoms in total. The standard InChI is InChI=1S/C19H21N3O5S/c1-14-12-16(6-9-18(14)22(24)25)19(23)20-13-15-4-7-17(8-5-15)28(26,27)21-10-2-3-11-21/h4-9,12H,2-3,10-11,13H2,1H3,(H,20,23). The fraction of sp³-hybridized carbons (Fsp3) is 0.316. The third-order valence-electron chi connectivity index (χ3n) is 4.73. The highest BCUT2D eigenvalue weighted by molar-refractivity contribution is 7.89. The Morgan fingerprint density at radius 1 is 1.14 bits per heavy atom. The molecule has 0 unspecified atom stereocenters. The number of nitrogens with zero attached hydrogens (tertiary/aromatic N) is 2. The number of sulfonamides is 1. The highest BCUT2D eigenvalue weighted by Crippen LogP contribution is 2.21. The predicted molar refractivity (Wildman–Crippen MR) is 103 cm³/mol. The second kappa shape index (κ2) is 8.07. The van der Waals surface area contributed by atoms with Crippen LogP contribution in [0.1, 0.15) is 34.3 Å². The molecule has 9 heteroatoms. The number of amides is 1. The normalized spacial score (nSPS) is 14.8. The largest absolute Gasteiger partial charge is 0.348 e. The molecule has 0 spiro atoms. The zero-order valence-corrected chi connectivity index (χ0v) is 16.2. The van der Waals surface area contributed by atoms with Gasteiger partial charge in [0.15, 0.2) is 0 Å². The van der Waals surface area contributed by atoms with Gasteiger partial charge in [-0.15, -0.1) is 0 Å². The first-order valence-corrected chi connectivity index (χ1v) is 10.4. The lowest BCUT2D eigenvalue weighted by Crippen LogP contribution is -2.28. The number of carbonyl (C=O) groups excluding carboxylic acids is 1. The fourth-order valence-electron chi connectivity index (χ4n) is 3.14. The number of nitrogens with one attached hydrogen (secondary N) is 1. The van der Waals surface area contributed by atoms with Crippen molar-refractivity contribution in [3.8, 4) is 0 Å². The van der Waals surface area contributed by atoms with E-state index >= 15 is 0 Å². The molecule has 1 saturated heterocycles. The van der Waals surface area contributed by atoms with E-state index in [1.807, 2.05) is 0 Å². The van der Waals surface area contributed by atoms with Crippen LogP contribution < -0.4 is 5.32 Å². The van der Waals surface area contributed by atoms with Crippen molar-refractivity contribution in [3.63, 3.8) is 0 Å². The lowest BCUT2D eigenvalue weighted by molar-refractivity contribution is -0.385. The van der Waals surface area contributed by atoms with Crippen molar-refractivity contribution in [2.45, 2.75) is 31.2 Å². The summed E-state index contributed by atoms with van der Waals surface area (Å²) in [4.78, 5) is 22.9. The van der Waals surface area contributed by atoms with E-state index in [0.717, 1.165) is 18.4 Å². The van der Waals surface area contributed by atoms with Crippen LogP contribution in [-0.2, 0) is 16.6 Å². The Labute approximate surface area is 163 Å². The van der Waals surface area contributed by atoms with Crippen LogP contribution in [0.3, 0.4) is 0 Å². The van der Waals surface area contributed by atoms with Crippen LogP contribution in [0.15, 0.2) is 47.4 Å². The maximum atomic E-state index is 12.5. The molecule has 28 heavy (non-hydrogen) atoms. The van der Waals surface area contributed by atoms with Crippen LogP contribution in [0.25, 0.3) is 0 Å². The molecule has 0 atom stereocenters. The molecular weight excluding hydrogens is 382 g/mol. The quantitative estimate of drug-likeness (QED) is 0.589. The van der Waals surface area contributed by atoms with Crippen molar-refractivity contribution in [2.24, 2.45) is 0 Å². The molecule has 1 N–H and O–H groups in total. The summed E-state index contributed by atoms with van der Waals surface area (Å²) in [5.41, 5.74) is 1.46. The molecular formula is C19H21N3O5S. The number of hydrogen-bond donors (Lipinski definition) is 1. The van der Waals surface area contributed by atoms with Crippen LogP contribution in [0.2, 0.25) is 0 Å². The summed E-state index contributed by atoms with van der Waals surface area (Å²) in [5.74, 6) is -0.355. The molecule has 2 aromatic rings. The van der Waals surface area contributed by atoms with E-state index in [2.05, 4.69) is 5.32 Å². The molecule has 0 bridgehead atoms. The lowest BCUT2D eigenvalue weighted by atomic mass is 10.1. The van der Waals surface area contributed by atoms with Gasteiger partial charge in [0.2, 0.25) is 10.0 Å². The molecule has 0 saturated carbocycles. The Morgan fingerprint density at radius 2 is 1.79 bits per heavy atom. The first-order chi connectivity index (χ1) is 13.3. The minimum Gasteiger partial charge on any atom is -0.348 e. The molecule has 3 rings (SSSR count). The minimum atomic E-state index is -3.45. The first-order valence-electron chi connectivity index (χ1n) is 8.91. The number of aryl methyl sites for hydroxylation is 1. The van der Waals surface area contributed by atoms with Gasteiger partial charge < -0.3 is 5.32 Å². The van der Waals surface area contributed by atoms with Crippen LogP contribution in [0.5, 0.6) is 0 Å². The summed E-state index contributed by atoms with van der Waals surface area (Å²) in [6.07, 6.45) is 1.76. The number of hydrogen-bond acceptors (Lipinski definition) is 5. The molecule has 1 aliphatic heterocycles. The number of nitro benzene ring substituents is 1. The van der Waals surface area contributed by atoms with Crippen molar-refractivity contribution in [3.05, 3.63) is 69.3 Å². The van der Waals surface area contributed by atoms with E-state index in [9.17, 15) is 23.3 Å². The van der Waals surface area contributed by atoms with E-state index in [-0.39, 0.29) is 23.0 Å². The molecule has 2 aromatic carbocycles. The molecule has 1 fully saturated rings. The zero-order valence-electron chi connectivity index (χ0n) is 15.4. The SMILES string of the molecule is Cc1cc(C(=O)NCc2ccc(S(=O)(=O)N3CCCC3)cc2)ccc1[N+](=O)[O-]. The Balaban J connectivity index is 1.64. The summed E-state index contributed by atoms with van der Waals surface area (Å²) in [7, 11) is -3.45. The van der Waals surface area contributed by atoms with Gasteiger partial charge in [-0.25, -0.2) is 8.42 Å². The summed E-state index contributed by atoms with van der Waals surface area (Å²) in [6, 6.07) is 10.6. The van der Waals surface area contributed by atoms with Gasteiger partial charge in [0.25, 0.3) is 11.6 Å². The van der Waals surface area contributed by atoms with Crippen molar-refractivity contribution in [1.82, 2.24) is 9.62 Å². The second-order valence-electron chi connectivity index (χ2n) is 6.70. The Hall–Kier alpha value is -2.78. The molecule has 0 aliphatic carbocycles. The number of rotatable bonds is 6. The molecule has 1 aliphatic rings. The third kappa shape index (κ3) is 4.20. The average Bonchev–Trinajstić information content (AvgIpc) is 3.21. The van der Waals surface area contributed by atoms with Gasteiger partial charge in [0.1, 0.15) is 0 Å². The van der Waals surface area contributed by atoms with Crippen molar-refractivity contribution in [1.29, 1.82) is 0 Å². The Morgan fingerprint density at radius 3 is 2.36 bits per heavy atom. The van der Waals surface area contributed by atoms with E-state index < -0.39 is 14.9 Å². The van der Waals surface area contributed by atoms with Crippen molar-refractivity contribution < 1.29 is 18.1 Å². The van der Waals surface area contributed by atoms with Gasteiger partial charge in [0, 0.05) is 36.8 Å². The van der Waals surface area contributed by atoms with E-state index in [4.69, 9.17) is 0 Å². The van der Waals surface area contributed by atoms with Crippen LogP contribution >= 0.6 is 0 Å². The maximum absolute atomic E-state index is 12.5. The summed E-state index contributed by atoms with van der Waals surface area (Å²) in [5, 5.41) is 13.6. The molecule has 1 heterocycles. The molecule has 1 amide bonds. The van der Waals surface area contributed by atoms with Gasteiger partial charge in [-0.3, -0.25) is 14.9 Å². The zero-order chi connectivity index (χ0) is 20.3. The number of benzene rings is 2. The fourth-order valence-corrected chi connectivity index (χ4v) is 4.66. The van der Waals surface area contributed by atoms with E-state index in [1.165, 1.54) is 22.5 Å².